The average Bonchev–Trinajstić information content (AvgIpc) is 2.27. The molecule has 0 aromatic carbocycles. The van der Waals surface area contributed by atoms with Crippen molar-refractivity contribution in [2.45, 2.75) is 39.2 Å². The predicted molar refractivity (Wildman–Crippen MR) is 65.4 cm³/mol. The lowest BCUT2D eigenvalue weighted by molar-refractivity contribution is -0.163. The van der Waals surface area contributed by atoms with Crippen molar-refractivity contribution in [2.24, 2.45) is 5.41 Å². The fraction of sp³-hybridized carbons (Fsp3) is 0.833. The Bertz CT molecular complexity index is 330. The molecule has 0 aliphatic carbocycles. The molecule has 1 aliphatic heterocycles. The van der Waals surface area contributed by atoms with Gasteiger partial charge in [0.25, 0.3) is 0 Å². The number of carboxylic acid groups (broad SMARTS) is 1. The number of hydrogen-bond acceptors (Lipinski definition) is 5. The van der Waals surface area contributed by atoms with E-state index in [0.717, 1.165) is 0 Å². The molecule has 1 fully saturated rings. The lowest BCUT2D eigenvalue weighted by Crippen LogP contribution is -2.43. The average molecular weight is 275 g/mol. The third-order valence-electron chi connectivity index (χ3n) is 2.81. The number of amides is 1. The molecule has 0 unspecified atom stereocenters. The molecule has 7 heteroatoms. The maximum atomic E-state index is 11.3. The van der Waals surface area contributed by atoms with Crippen molar-refractivity contribution in [3.63, 3.8) is 0 Å². The van der Waals surface area contributed by atoms with Gasteiger partial charge in [-0.05, 0) is 33.6 Å². The van der Waals surface area contributed by atoms with E-state index in [9.17, 15) is 14.7 Å². The summed E-state index contributed by atoms with van der Waals surface area (Å²) in [4.78, 5) is 27.6. The second-order valence-electron chi connectivity index (χ2n) is 5.59. The number of carboxylic acids is 1. The zero-order valence-electron chi connectivity index (χ0n) is 11.5. The van der Waals surface area contributed by atoms with E-state index in [2.05, 4.69) is 5.48 Å². The van der Waals surface area contributed by atoms with Crippen LogP contribution in [0.15, 0.2) is 0 Å². The van der Waals surface area contributed by atoms with Gasteiger partial charge in [-0.15, -0.1) is 0 Å². The molecule has 0 atom stereocenters. The lowest BCUT2D eigenvalue weighted by Gasteiger charge is -2.32. The number of carbonyl (C=O) groups excluding carboxylic acids is 1. The minimum atomic E-state index is -1.01. The molecule has 1 aliphatic rings. The largest absolute Gasteiger partial charge is 0.481 e. The topological polar surface area (TPSA) is 94.1 Å². The maximum absolute atomic E-state index is 11.3. The van der Waals surface area contributed by atoms with Crippen molar-refractivity contribution in [1.29, 1.82) is 0 Å². The summed E-state index contributed by atoms with van der Waals surface area (Å²) in [6, 6.07) is 0. The second-order valence-corrected chi connectivity index (χ2v) is 5.59. The fourth-order valence-electron chi connectivity index (χ4n) is 1.71. The van der Waals surface area contributed by atoms with Crippen LogP contribution in [0.25, 0.3) is 0 Å². The Hall–Kier alpha value is -1.34. The Morgan fingerprint density at radius 2 is 1.89 bits per heavy atom. The zero-order valence-corrected chi connectivity index (χ0v) is 11.5. The number of carbonyl (C=O) groups is 2. The third kappa shape index (κ3) is 5.04. The molecule has 110 valence electrons. The first-order valence-corrected chi connectivity index (χ1v) is 6.17. The summed E-state index contributed by atoms with van der Waals surface area (Å²) >= 11 is 0. The minimum Gasteiger partial charge on any atom is -0.481 e. The van der Waals surface area contributed by atoms with Gasteiger partial charge in [-0.1, -0.05) is 0 Å². The monoisotopic (exact) mass is 275 g/mol. The fourth-order valence-corrected chi connectivity index (χ4v) is 1.71. The molecule has 1 heterocycles. The second kappa shape index (κ2) is 6.21. The van der Waals surface area contributed by atoms with E-state index in [4.69, 9.17) is 14.3 Å². The highest BCUT2D eigenvalue weighted by atomic mass is 16.7. The molecule has 1 rings (SSSR count). The summed E-state index contributed by atoms with van der Waals surface area (Å²) in [5.41, 5.74) is 0.466. The molecule has 0 aromatic rings. The van der Waals surface area contributed by atoms with E-state index in [1.165, 1.54) is 0 Å². The number of nitrogens with one attached hydrogen (secondary N) is 1. The van der Waals surface area contributed by atoms with Gasteiger partial charge in [-0.3, -0.25) is 9.63 Å². The van der Waals surface area contributed by atoms with Crippen LogP contribution in [0.4, 0.5) is 4.79 Å². The highest BCUT2D eigenvalue weighted by molar-refractivity contribution is 5.75. The summed E-state index contributed by atoms with van der Waals surface area (Å²) in [6.45, 7) is 5.83. The first kappa shape index (κ1) is 15.7. The van der Waals surface area contributed by atoms with Crippen molar-refractivity contribution >= 4 is 12.1 Å². The molecule has 19 heavy (non-hydrogen) atoms. The summed E-state index contributed by atoms with van der Waals surface area (Å²) in [7, 11) is 0. The molecule has 1 saturated heterocycles. The van der Waals surface area contributed by atoms with Gasteiger partial charge in [0.05, 0.1) is 12.0 Å². The van der Waals surface area contributed by atoms with E-state index >= 15 is 0 Å². The Balaban J connectivity index is 2.41. The zero-order chi connectivity index (χ0) is 14.5. The maximum Gasteiger partial charge on any atom is 0.431 e. The number of rotatable bonds is 4. The summed E-state index contributed by atoms with van der Waals surface area (Å²) in [5.74, 6) is -0.943. The normalized spacial score (nSPS) is 18.7. The van der Waals surface area contributed by atoms with E-state index in [-0.39, 0.29) is 6.61 Å². The van der Waals surface area contributed by atoms with Gasteiger partial charge in [0.15, 0.2) is 0 Å². The van der Waals surface area contributed by atoms with Gasteiger partial charge in [-0.25, -0.2) is 4.79 Å². The van der Waals surface area contributed by atoms with Gasteiger partial charge >= 0.3 is 12.1 Å². The molecule has 0 radical (unpaired) electrons. The van der Waals surface area contributed by atoms with Gasteiger partial charge < -0.3 is 14.6 Å². The van der Waals surface area contributed by atoms with Crippen LogP contribution < -0.4 is 5.48 Å². The molecular weight excluding hydrogens is 254 g/mol. The summed E-state index contributed by atoms with van der Waals surface area (Å²) < 4.78 is 10.1. The van der Waals surface area contributed by atoms with Crippen LogP contribution in [0.3, 0.4) is 0 Å². The first-order valence-electron chi connectivity index (χ1n) is 6.17. The van der Waals surface area contributed by atoms with E-state index in [0.29, 0.717) is 26.1 Å². The Morgan fingerprint density at radius 3 is 2.37 bits per heavy atom. The van der Waals surface area contributed by atoms with Crippen LogP contribution in [0, 0.1) is 5.41 Å². The van der Waals surface area contributed by atoms with Crippen LogP contribution in [0.5, 0.6) is 0 Å². The molecule has 0 saturated carbocycles. The first-order chi connectivity index (χ1) is 8.75. The van der Waals surface area contributed by atoms with Crippen molar-refractivity contribution in [1.82, 2.24) is 5.48 Å². The van der Waals surface area contributed by atoms with Gasteiger partial charge in [0, 0.05) is 13.2 Å². The Labute approximate surface area is 112 Å². The lowest BCUT2D eigenvalue weighted by atomic mass is 9.81. The predicted octanol–water partition coefficient (Wildman–Crippen LogP) is 1.32. The van der Waals surface area contributed by atoms with Crippen LogP contribution in [-0.2, 0) is 19.1 Å². The Morgan fingerprint density at radius 1 is 1.32 bits per heavy atom. The molecule has 0 bridgehead atoms. The van der Waals surface area contributed by atoms with Crippen molar-refractivity contribution < 1.29 is 29.0 Å². The number of ether oxygens (including phenoxy) is 2. The summed E-state index contributed by atoms with van der Waals surface area (Å²) in [6.07, 6.45) is -0.0171. The van der Waals surface area contributed by atoms with Crippen LogP contribution in [0.2, 0.25) is 0 Å². The van der Waals surface area contributed by atoms with Crippen LogP contribution in [-0.4, -0.2) is 42.6 Å². The van der Waals surface area contributed by atoms with Crippen molar-refractivity contribution in [3.05, 3.63) is 0 Å². The van der Waals surface area contributed by atoms with E-state index in [1.54, 1.807) is 20.8 Å². The number of hydroxylamine groups is 1. The smallest absolute Gasteiger partial charge is 0.431 e. The quantitative estimate of drug-likeness (QED) is 0.752. The highest BCUT2D eigenvalue weighted by Gasteiger charge is 2.41. The molecular formula is C12H21NO6. The standard InChI is InChI=1S/C12H21NO6/c1-11(2,3)19-10(16)13-18-8-12(9(14)15)4-6-17-7-5-12/h4-8H2,1-3H3,(H,13,16)(H,14,15). The van der Waals surface area contributed by atoms with E-state index in [1.807, 2.05) is 0 Å². The van der Waals surface area contributed by atoms with Crippen LogP contribution >= 0.6 is 0 Å². The van der Waals surface area contributed by atoms with Gasteiger partial charge in [-0.2, -0.15) is 5.48 Å². The molecule has 0 aromatic heterocycles. The SMILES string of the molecule is CC(C)(C)OC(=O)NOCC1(C(=O)O)CCOCC1. The molecule has 2 N–H and O–H groups in total. The minimum absolute atomic E-state index is 0.106. The number of hydrogen-bond donors (Lipinski definition) is 2. The van der Waals surface area contributed by atoms with Crippen molar-refractivity contribution in [2.75, 3.05) is 19.8 Å². The molecule has 1 amide bonds. The molecule has 0 spiro atoms. The van der Waals surface area contributed by atoms with Crippen LogP contribution in [0.1, 0.15) is 33.6 Å². The number of aliphatic carboxylic acids is 1. The molecule has 7 nitrogen and oxygen atoms in total. The third-order valence-corrected chi connectivity index (χ3v) is 2.81. The van der Waals surface area contributed by atoms with Gasteiger partial charge in [0.2, 0.25) is 0 Å². The highest BCUT2D eigenvalue weighted by Crippen LogP contribution is 2.30. The van der Waals surface area contributed by atoms with Gasteiger partial charge in [0.1, 0.15) is 5.60 Å². The Kier molecular flexibility index (Phi) is 5.13. The summed E-state index contributed by atoms with van der Waals surface area (Å²) in [5, 5.41) is 9.26. The van der Waals surface area contributed by atoms with Crippen molar-refractivity contribution in [3.8, 4) is 0 Å². The van der Waals surface area contributed by atoms with E-state index < -0.39 is 23.1 Å².